The minimum Gasteiger partial charge on any atom is -0.336 e. The summed E-state index contributed by atoms with van der Waals surface area (Å²) in [6.45, 7) is 7.82. The zero-order chi connectivity index (χ0) is 14.3. The molecule has 1 fully saturated rings. The second-order valence-corrected chi connectivity index (χ2v) is 7.53. The highest BCUT2D eigenvalue weighted by Gasteiger charge is 2.31. The summed E-state index contributed by atoms with van der Waals surface area (Å²) in [7, 11) is 0. The van der Waals surface area contributed by atoms with Crippen LogP contribution in [0.15, 0.2) is 18.5 Å². The number of carbonyl (C=O) groups is 1. The van der Waals surface area contributed by atoms with E-state index in [1.165, 1.54) is 0 Å². The van der Waals surface area contributed by atoms with Crippen LogP contribution in [0.25, 0.3) is 5.65 Å². The van der Waals surface area contributed by atoms with Crippen molar-refractivity contribution in [3.8, 4) is 0 Å². The Hall–Kier alpha value is -1.56. The molecule has 0 aliphatic carbocycles. The Morgan fingerprint density at radius 3 is 3.00 bits per heavy atom. The Bertz CT molecular complexity index is 664. The number of aryl methyl sites for hydroxylation is 1. The lowest BCUT2D eigenvalue weighted by Crippen LogP contribution is -2.46. The maximum atomic E-state index is 12.7. The van der Waals surface area contributed by atoms with Gasteiger partial charge >= 0.3 is 0 Å². The van der Waals surface area contributed by atoms with Gasteiger partial charge in [0, 0.05) is 35.5 Å². The Morgan fingerprint density at radius 2 is 2.25 bits per heavy atom. The lowest BCUT2D eigenvalue weighted by Gasteiger charge is -2.37. The molecule has 3 rings (SSSR count). The highest BCUT2D eigenvalue weighted by Crippen LogP contribution is 2.30. The molecule has 0 saturated carbocycles. The largest absolute Gasteiger partial charge is 0.336 e. The van der Waals surface area contributed by atoms with Crippen LogP contribution in [-0.4, -0.2) is 49.0 Å². The van der Waals surface area contributed by atoms with Gasteiger partial charge in [0.2, 0.25) is 0 Å². The number of nitrogens with zero attached hydrogens (tertiary/aromatic N) is 4. The average molecular weight is 290 g/mol. The molecule has 0 radical (unpaired) electrons. The normalized spacial score (nSPS) is 18.4. The third-order valence-corrected chi connectivity index (χ3v) is 4.75. The van der Waals surface area contributed by atoms with Crippen LogP contribution in [0.1, 0.15) is 29.9 Å². The number of rotatable bonds is 1. The van der Waals surface area contributed by atoms with Crippen molar-refractivity contribution in [2.75, 3.05) is 18.8 Å². The van der Waals surface area contributed by atoms with Crippen molar-refractivity contribution in [2.45, 2.75) is 25.5 Å². The molecular formula is C14H18N4OS. The fourth-order valence-corrected chi connectivity index (χ4v) is 3.58. The highest BCUT2D eigenvalue weighted by atomic mass is 32.2. The van der Waals surface area contributed by atoms with E-state index >= 15 is 0 Å². The summed E-state index contributed by atoms with van der Waals surface area (Å²) in [4.78, 5) is 19.0. The molecule has 0 bridgehead atoms. The number of fused-ring (bicyclic) bond motifs is 1. The van der Waals surface area contributed by atoms with Crippen LogP contribution >= 0.6 is 11.8 Å². The van der Waals surface area contributed by atoms with Crippen LogP contribution in [0.4, 0.5) is 0 Å². The first-order chi connectivity index (χ1) is 9.46. The first-order valence-corrected chi connectivity index (χ1v) is 7.69. The number of amides is 1. The van der Waals surface area contributed by atoms with Gasteiger partial charge in [-0.15, -0.1) is 0 Å². The number of carbonyl (C=O) groups excluding carboxylic acids is 1. The quantitative estimate of drug-likeness (QED) is 0.806. The van der Waals surface area contributed by atoms with E-state index in [0.717, 1.165) is 24.5 Å². The van der Waals surface area contributed by atoms with E-state index in [1.807, 2.05) is 35.8 Å². The van der Waals surface area contributed by atoms with Crippen molar-refractivity contribution in [1.29, 1.82) is 0 Å². The first-order valence-electron chi connectivity index (χ1n) is 6.70. The SMILES string of the molecule is Cc1ccn2ncc(C(=O)N3CCSC(C)(C)C3)c2n1. The molecule has 2 aromatic heterocycles. The van der Waals surface area contributed by atoms with Gasteiger partial charge in [-0.2, -0.15) is 16.9 Å². The van der Waals surface area contributed by atoms with Gasteiger partial charge in [-0.1, -0.05) is 0 Å². The lowest BCUT2D eigenvalue weighted by molar-refractivity contribution is 0.0750. The predicted molar refractivity (Wildman–Crippen MR) is 80.2 cm³/mol. The monoisotopic (exact) mass is 290 g/mol. The second kappa shape index (κ2) is 4.77. The summed E-state index contributed by atoms with van der Waals surface area (Å²) in [5.74, 6) is 1.01. The summed E-state index contributed by atoms with van der Waals surface area (Å²) in [6, 6.07) is 1.88. The van der Waals surface area contributed by atoms with Gasteiger partial charge < -0.3 is 4.90 Å². The molecule has 1 aliphatic heterocycles. The molecule has 2 aromatic rings. The number of hydrogen-bond acceptors (Lipinski definition) is 4. The number of hydrogen-bond donors (Lipinski definition) is 0. The topological polar surface area (TPSA) is 50.5 Å². The van der Waals surface area contributed by atoms with Gasteiger partial charge in [0.15, 0.2) is 5.65 Å². The van der Waals surface area contributed by atoms with Crippen molar-refractivity contribution >= 4 is 23.3 Å². The summed E-state index contributed by atoms with van der Waals surface area (Å²) < 4.78 is 1.77. The fourth-order valence-electron chi connectivity index (χ4n) is 2.47. The van der Waals surface area contributed by atoms with E-state index in [9.17, 15) is 4.79 Å². The molecule has 3 heterocycles. The summed E-state index contributed by atoms with van der Waals surface area (Å²) >= 11 is 1.91. The van der Waals surface area contributed by atoms with Gasteiger partial charge in [-0.05, 0) is 26.8 Å². The molecular weight excluding hydrogens is 272 g/mol. The molecule has 1 saturated heterocycles. The lowest BCUT2D eigenvalue weighted by atomic mass is 10.1. The van der Waals surface area contributed by atoms with Gasteiger partial charge in [0.1, 0.15) is 5.56 Å². The Labute approximate surface area is 122 Å². The summed E-state index contributed by atoms with van der Waals surface area (Å²) in [6.07, 6.45) is 3.46. The van der Waals surface area contributed by atoms with Crippen LogP contribution in [0.2, 0.25) is 0 Å². The zero-order valence-corrected chi connectivity index (χ0v) is 12.8. The van der Waals surface area contributed by atoms with E-state index in [2.05, 4.69) is 23.9 Å². The number of thioether (sulfide) groups is 1. The third kappa shape index (κ3) is 2.40. The van der Waals surface area contributed by atoms with Crippen LogP contribution in [0, 0.1) is 6.92 Å². The second-order valence-electron chi connectivity index (χ2n) is 5.73. The predicted octanol–water partition coefficient (Wildman–Crippen LogP) is 2.01. The highest BCUT2D eigenvalue weighted by molar-refractivity contribution is 8.00. The van der Waals surface area contributed by atoms with Crippen LogP contribution in [-0.2, 0) is 0 Å². The molecule has 0 aromatic carbocycles. The van der Waals surface area contributed by atoms with E-state index in [4.69, 9.17) is 0 Å². The van der Waals surface area contributed by atoms with Crippen LogP contribution < -0.4 is 0 Å². The smallest absolute Gasteiger partial charge is 0.259 e. The standard InChI is InChI=1S/C14H18N4OS/c1-10-4-5-18-12(16-10)11(8-15-18)13(19)17-6-7-20-14(2,3)9-17/h4-5,8H,6-7,9H2,1-3H3. The van der Waals surface area contributed by atoms with Gasteiger partial charge in [0.25, 0.3) is 5.91 Å². The van der Waals surface area contributed by atoms with Gasteiger partial charge in [-0.25, -0.2) is 9.50 Å². The molecule has 106 valence electrons. The average Bonchev–Trinajstić information content (AvgIpc) is 2.79. The van der Waals surface area contributed by atoms with Crippen LogP contribution in [0.3, 0.4) is 0 Å². The maximum absolute atomic E-state index is 12.7. The molecule has 1 aliphatic rings. The van der Waals surface area contributed by atoms with Crippen molar-refractivity contribution in [1.82, 2.24) is 19.5 Å². The molecule has 5 nitrogen and oxygen atoms in total. The minimum atomic E-state index is 0.0338. The van der Waals surface area contributed by atoms with Crippen molar-refractivity contribution in [2.24, 2.45) is 0 Å². The number of aromatic nitrogens is 3. The fraction of sp³-hybridized carbons (Fsp3) is 0.500. The molecule has 0 spiro atoms. The van der Waals surface area contributed by atoms with Crippen molar-refractivity contribution in [3.05, 3.63) is 29.7 Å². The Balaban J connectivity index is 1.94. The minimum absolute atomic E-state index is 0.0338. The van der Waals surface area contributed by atoms with E-state index in [-0.39, 0.29) is 10.7 Å². The first kappa shape index (κ1) is 13.4. The molecule has 0 atom stereocenters. The molecule has 6 heteroatoms. The van der Waals surface area contributed by atoms with Crippen molar-refractivity contribution < 1.29 is 4.79 Å². The maximum Gasteiger partial charge on any atom is 0.259 e. The molecule has 1 amide bonds. The van der Waals surface area contributed by atoms with Gasteiger partial charge in [0.05, 0.1) is 6.20 Å². The van der Waals surface area contributed by atoms with Gasteiger partial charge in [-0.3, -0.25) is 4.79 Å². The third-order valence-electron chi connectivity index (χ3n) is 3.45. The molecule has 0 unspecified atom stereocenters. The Morgan fingerprint density at radius 1 is 1.45 bits per heavy atom. The Kier molecular flexibility index (Phi) is 3.20. The zero-order valence-electron chi connectivity index (χ0n) is 12.0. The van der Waals surface area contributed by atoms with E-state index < -0.39 is 0 Å². The summed E-state index contributed by atoms with van der Waals surface area (Å²) in [5, 5.41) is 4.21. The van der Waals surface area contributed by atoms with E-state index in [1.54, 1.807) is 10.7 Å². The van der Waals surface area contributed by atoms with E-state index in [0.29, 0.717) is 11.2 Å². The molecule has 20 heavy (non-hydrogen) atoms. The molecule has 0 N–H and O–H groups in total. The van der Waals surface area contributed by atoms with Crippen LogP contribution in [0.5, 0.6) is 0 Å². The van der Waals surface area contributed by atoms with Crippen molar-refractivity contribution in [3.63, 3.8) is 0 Å². The summed E-state index contributed by atoms with van der Waals surface area (Å²) in [5.41, 5.74) is 2.13.